The van der Waals surface area contributed by atoms with Crippen LogP contribution in [-0.4, -0.2) is 43.2 Å². The van der Waals surface area contributed by atoms with Gasteiger partial charge in [-0.1, -0.05) is 29.4 Å². The van der Waals surface area contributed by atoms with Crippen LogP contribution in [0.15, 0.2) is 46.2 Å². The first-order chi connectivity index (χ1) is 12.3. The average molecular weight is 394 g/mol. The maximum absolute atomic E-state index is 10.2. The van der Waals surface area contributed by atoms with Crippen molar-refractivity contribution in [2.24, 2.45) is 0 Å². The van der Waals surface area contributed by atoms with Gasteiger partial charge in [0.05, 0.1) is 16.3 Å². The van der Waals surface area contributed by atoms with Gasteiger partial charge in [0, 0.05) is 22.4 Å². The number of carboxylic acid groups (broad SMARTS) is 1. The number of anilines is 2. The van der Waals surface area contributed by atoms with Gasteiger partial charge in [0.2, 0.25) is 0 Å². The summed E-state index contributed by atoms with van der Waals surface area (Å²) in [7, 11) is 4.16. The Hall–Kier alpha value is -1.89. The molecule has 0 fully saturated rings. The van der Waals surface area contributed by atoms with E-state index in [1.165, 1.54) is 0 Å². The van der Waals surface area contributed by atoms with Crippen molar-refractivity contribution in [1.82, 2.24) is 4.90 Å². The lowest BCUT2D eigenvalue weighted by Crippen LogP contribution is -2.25. The zero-order valence-corrected chi connectivity index (χ0v) is 16.6. The van der Waals surface area contributed by atoms with E-state index < -0.39 is 5.97 Å². The number of aliphatic carboxylic acids is 1. The second-order valence-corrected chi connectivity index (χ2v) is 7.63. The second kappa shape index (κ2) is 9.16. The molecule has 0 bridgehead atoms. The van der Waals surface area contributed by atoms with Gasteiger partial charge < -0.3 is 24.8 Å². The van der Waals surface area contributed by atoms with Gasteiger partial charge in [-0.25, -0.2) is 0 Å². The molecule has 5 nitrogen and oxygen atoms in total. The zero-order chi connectivity index (χ0) is 19.3. The third kappa shape index (κ3) is 5.30. The van der Waals surface area contributed by atoms with Crippen molar-refractivity contribution in [2.45, 2.75) is 23.1 Å². The summed E-state index contributed by atoms with van der Waals surface area (Å²) in [5, 5.41) is 19.8. The minimum atomic E-state index is -1.08. The van der Waals surface area contributed by atoms with Gasteiger partial charge >= 0.3 is 0 Å². The van der Waals surface area contributed by atoms with Crippen molar-refractivity contribution in [3.05, 3.63) is 41.4 Å². The number of phenolic OH excluding ortho intramolecular Hbond substituents is 1. The monoisotopic (exact) mass is 393 g/mol. The lowest BCUT2D eigenvalue weighted by molar-refractivity contribution is -0.302. The Morgan fingerprint density at radius 1 is 1.27 bits per heavy atom. The number of hydrogen-bond donors (Lipinski definition) is 1. The van der Waals surface area contributed by atoms with E-state index in [-0.39, 0.29) is 0 Å². The van der Waals surface area contributed by atoms with Gasteiger partial charge in [0.1, 0.15) is 5.75 Å². The van der Waals surface area contributed by atoms with Crippen molar-refractivity contribution in [3.8, 4) is 5.75 Å². The molecule has 0 unspecified atom stereocenters. The topological polar surface area (TPSA) is 66.8 Å². The summed E-state index contributed by atoms with van der Waals surface area (Å²) < 4.78 is 0. The fraction of sp³-hybridized carbons (Fsp3) is 0.316. The van der Waals surface area contributed by atoms with Gasteiger partial charge in [0.25, 0.3) is 0 Å². The summed E-state index contributed by atoms with van der Waals surface area (Å²) in [6.07, 6.45) is 1.04. The summed E-state index contributed by atoms with van der Waals surface area (Å²) in [4.78, 5) is 15.4. The van der Waals surface area contributed by atoms with E-state index in [9.17, 15) is 5.11 Å². The molecule has 2 aromatic carbocycles. The molecule has 0 saturated heterocycles. The third-order valence-corrected chi connectivity index (χ3v) is 5.10. The molecule has 140 valence electrons. The molecule has 0 atom stereocenters. The van der Waals surface area contributed by atoms with Crippen LogP contribution in [0.4, 0.5) is 11.4 Å². The van der Waals surface area contributed by atoms with E-state index in [2.05, 4.69) is 30.0 Å². The maximum Gasteiger partial charge on any atom is 0.131 e. The lowest BCUT2D eigenvalue weighted by atomic mass is 10.2. The summed E-state index contributed by atoms with van der Waals surface area (Å²) in [6.45, 7) is 2.89. The van der Waals surface area contributed by atoms with Crippen LogP contribution in [0.5, 0.6) is 5.75 Å². The van der Waals surface area contributed by atoms with Crippen LogP contribution in [0, 0.1) is 0 Å². The summed E-state index contributed by atoms with van der Waals surface area (Å²) >= 11 is 7.79. The van der Waals surface area contributed by atoms with Crippen LogP contribution >= 0.6 is 23.4 Å². The molecule has 1 aliphatic rings. The number of carbonyl (C=O) groups is 1. The van der Waals surface area contributed by atoms with Gasteiger partial charge in [-0.2, -0.15) is 0 Å². The Labute approximate surface area is 163 Å². The molecule has 2 aromatic rings. The Bertz CT molecular complexity index is 777. The smallest absolute Gasteiger partial charge is 0.131 e. The number of benzene rings is 2. The van der Waals surface area contributed by atoms with Gasteiger partial charge in [-0.15, -0.1) is 0 Å². The minimum Gasteiger partial charge on any atom is -0.550 e. The molecule has 0 amide bonds. The number of nitrogens with zero attached hydrogens (tertiary/aromatic N) is 2. The number of aromatic hydroxyl groups is 1. The van der Waals surface area contributed by atoms with Crippen LogP contribution < -0.4 is 10.0 Å². The largest absolute Gasteiger partial charge is 0.550 e. The van der Waals surface area contributed by atoms with Crippen molar-refractivity contribution in [2.75, 3.05) is 32.1 Å². The number of hydrogen-bond acceptors (Lipinski definition) is 6. The first-order valence-corrected chi connectivity index (χ1v) is 9.38. The van der Waals surface area contributed by atoms with Crippen LogP contribution in [0.1, 0.15) is 13.3 Å². The minimum absolute atomic E-state index is 0.334. The molecule has 0 aromatic heterocycles. The highest BCUT2D eigenvalue weighted by Crippen LogP contribution is 2.51. The normalized spacial score (nSPS) is 12.1. The Morgan fingerprint density at radius 2 is 1.96 bits per heavy atom. The molecule has 26 heavy (non-hydrogen) atoms. The van der Waals surface area contributed by atoms with Crippen molar-refractivity contribution < 1.29 is 15.0 Å². The summed E-state index contributed by atoms with van der Waals surface area (Å²) in [5.74, 6) is -0.749. The summed E-state index contributed by atoms with van der Waals surface area (Å²) in [6, 6.07) is 11.6. The molecule has 1 N–H and O–H groups in total. The van der Waals surface area contributed by atoms with Gasteiger partial charge in [-0.05, 0) is 64.3 Å². The second-order valence-electron chi connectivity index (χ2n) is 6.14. The fourth-order valence-corrected chi connectivity index (χ4v) is 3.90. The standard InChI is InChI=1S/C17H19ClN2OS.C2H4O2/c1-19(2)9-4-10-20-13-5-3-6-15(21)17(13)22-16-8-7-12(18)11-14(16)20;1-2(3)4/h3,5-8,11,21H,4,9-10H2,1-2H3;1H3,(H,3,4)/p-1. The molecule has 1 heterocycles. The Balaban J connectivity index is 0.000000552. The zero-order valence-electron chi connectivity index (χ0n) is 15.0. The molecule has 0 radical (unpaired) electrons. The van der Waals surface area contributed by atoms with Gasteiger partial charge in [-0.3, -0.25) is 0 Å². The highest BCUT2D eigenvalue weighted by Gasteiger charge is 2.25. The average Bonchev–Trinajstić information content (AvgIpc) is 2.54. The first kappa shape index (κ1) is 20.4. The van der Waals surface area contributed by atoms with Crippen LogP contribution in [0.3, 0.4) is 0 Å². The van der Waals surface area contributed by atoms with E-state index in [4.69, 9.17) is 21.5 Å². The van der Waals surface area contributed by atoms with E-state index >= 15 is 0 Å². The molecule has 0 aliphatic carbocycles. The third-order valence-electron chi connectivity index (χ3n) is 3.68. The van der Waals surface area contributed by atoms with E-state index in [1.807, 2.05) is 24.3 Å². The predicted molar refractivity (Wildman–Crippen MR) is 105 cm³/mol. The SMILES string of the molecule is CC(=O)[O-].CN(C)CCCN1c2cc(Cl)ccc2Sc2c(O)cccc21. The number of carbonyl (C=O) groups excluding carboxylic acids is 1. The highest BCUT2D eigenvalue weighted by atomic mass is 35.5. The molecular weight excluding hydrogens is 372 g/mol. The molecule has 0 saturated carbocycles. The fourth-order valence-electron chi connectivity index (χ4n) is 2.64. The first-order valence-electron chi connectivity index (χ1n) is 8.19. The van der Waals surface area contributed by atoms with Crippen LogP contribution in [0.2, 0.25) is 5.02 Å². The molecular formula is C19H22ClN2O3S-. The number of phenols is 1. The van der Waals surface area contributed by atoms with E-state index in [0.29, 0.717) is 5.75 Å². The predicted octanol–water partition coefficient (Wildman–Crippen LogP) is 3.36. The van der Waals surface area contributed by atoms with Crippen molar-refractivity contribution in [3.63, 3.8) is 0 Å². The van der Waals surface area contributed by atoms with Gasteiger partial charge in [0.15, 0.2) is 0 Å². The molecule has 7 heteroatoms. The Morgan fingerprint density at radius 3 is 2.62 bits per heavy atom. The number of halogens is 1. The highest BCUT2D eigenvalue weighted by molar-refractivity contribution is 7.99. The molecule has 0 spiro atoms. The van der Waals surface area contributed by atoms with Crippen molar-refractivity contribution in [1.29, 1.82) is 0 Å². The van der Waals surface area contributed by atoms with Crippen molar-refractivity contribution >= 4 is 40.7 Å². The van der Waals surface area contributed by atoms with E-state index in [0.717, 1.165) is 52.6 Å². The summed E-state index contributed by atoms with van der Waals surface area (Å²) in [5.41, 5.74) is 2.17. The van der Waals surface area contributed by atoms with Crippen LogP contribution in [0.25, 0.3) is 0 Å². The number of fused-ring (bicyclic) bond motifs is 2. The molecule has 3 rings (SSSR count). The molecule has 1 aliphatic heterocycles. The quantitative estimate of drug-likeness (QED) is 0.859. The van der Waals surface area contributed by atoms with Crippen LogP contribution in [-0.2, 0) is 4.79 Å². The maximum atomic E-state index is 10.2. The van der Waals surface area contributed by atoms with E-state index in [1.54, 1.807) is 17.8 Å². The Kier molecular flexibility index (Phi) is 7.20. The number of carboxylic acids is 1. The number of rotatable bonds is 4. The lowest BCUT2D eigenvalue weighted by Gasteiger charge is -2.33.